The zero-order valence-corrected chi connectivity index (χ0v) is 28.8. The minimum Gasteiger partial charge on any atom is -0.545 e. The molecule has 0 bridgehead atoms. The molecule has 0 N–H and O–H groups in total. The fraction of sp³-hybridized carbons (Fsp3) is 0.750. The van der Waals surface area contributed by atoms with Crippen molar-refractivity contribution < 1.29 is 58.3 Å². The van der Waals surface area contributed by atoms with Gasteiger partial charge < -0.3 is 29.3 Å². The average Bonchev–Trinajstić information content (AvgIpc) is 2.92. The van der Waals surface area contributed by atoms with E-state index in [2.05, 4.69) is 13.8 Å². The summed E-state index contributed by atoms with van der Waals surface area (Å²) in [7, 11) is 0. The van der Waals surface area contributed by atoms with Gasteiger partial charge in [-0.05, 0) is 25.0 Å². The molecule has 0 radical (unpaired) electrons. The summed E-state index contributed by atoms with van der Waals surface area (Å²) in [6.07, 6.45) is 27.6. The van der Waals surface area contributed by atoms with Crippen molar-refractivity contribution in [2.75, 3.05) is 13.2 Å². The van der Waals surface area contributed by atoms with Gasteiger partial charge in [0.05, 0.1) is 25.2 Å². The number of carboxylic acids is 2. The van der Waals surface area contributed by atoms with Gasteiger partial charge in [0.2, 0.25) is 0 Å². The molecule has 0 atom stereocenters. The smallest absolute Gasteiger partial charge is 0.545 e. The molecule has 0 spiro atoms. The summed E-state index contributed by atoms with van der Waals surface area (Å²) in [6, 6.07) is 0. The molecular formula is C32H54O8Zn. The van der Waals surface area contributed by atoms with Gasteiger partial charge in [0.25, 0.3) is 0 Å². The van der Waals surface area contributed by atoms with Gasteiger partial charge in [-0.2, -0.15) is 0 Å². The van der Waals surface area contributed by atoms with Crippen LogP contribution in [0.25, 0.3) is 0 Å². The number of esters is 2. The number of aliphatic carboxylic acids is 2. The maximum absolute atomic E-state index is 11.0. The molecule has 0 aromatic rings. The van der Waals surface area contributed by atoms with Crippen molar-refractivity contribution in [3.8, 4) is 0 Å². The average molecular weight is 632 g/mol. The Morgan fingerprint density at radius 1 is 0.439 bits per heavy atom. The van der Waals surface area contributed by atoms with Crippen LogP contribution in [-0.4, -0.2) is 37.1 Å². The molecule has 0 heterocycles. The summed E-state index contributed by atoms with van der Waals surface area (Å²) in [5, 5.41) is 20.1. The summed E-state index contributed by atoms with van der Waals surface area (Å²) in [6.45, 7) is 5.15. The van der Waals surface area contributed by atoms with Crippen molar-refractivity contribution in [2.45, 2.75) is 142 Å². The summed E-state index contributed by atoms with van der Waals surface area (Å²) >= 11 is 0. The number of ether oxygens (including phenoxy) is 2. The molecule has 0 saturated carbocycles. The van der Waals surface area contributed by atoms with Crippen molar-refractivity contribution in [1.29, 1.82) is 0 Å². The number of hydrogen-bond acceptors (Lipinski definition) is 8. The molecule has 232 valence electrons. The number of rotatable bonds is 26. The molecule has 0 aliphatic rings. The minimum absolute atomic E-state index is 0. The second kappa shape index (κ2) is 36.0. The Morgan fingerprint density at radius 2 is 0.683 bits per heavy atom. The molecular weight excluding hydrogens is 578 g/mol. The maximum atomic E-state index is 11.0. The van der Waals surface area contributed by atoms with Crippen LogP contribution in [0.2, 0.25) is 0 Å². The number of carbonyl (C=O) groups is 4. The first-order chi connectivity index (χ1) is 19.3. The van der Waals surface area contributed by atoms with Gasteiger partial charge in [0.15, 0.2) is 0 Å². The van der Waals surface area contributed by atoms with E-state index in [0.717, 1.165) is 37.8 Å². The van der Waals surface area contributed by atoms with Crippen LogP contribution in [0.15, 0.2) is 24.3 Å². The second-order valence-corrected chi connectivity index (χ2v) is 10.0. The Bertz CT molecular complexity index is 633. The van der Waals surface area contributed by atoms with E-state index in [1.165, 1.54) is 103 Å². The van der Waals surface area contributed by atoms with Crippen molar-refractivity contribution in [2.24, 2.45) is 0 Å². The van der Waals surface area contributed by atoms with Crippen LogP contribution in [0.1, 0.15) is 142 Å². The topological polar surface area (TPSA) is 133 Å². The molecule has 0 amide bonds. The first kappa shape index (κ1) is 43.4. The van der Waals surface area contributed by atoms with E-state index < -0.39 is 23.9 Å². The van der Waals surface area contributed by atoms with Crippen LogP contribution in [0, 0.1) is 0 Å². The van der Waals surface area contributed by atoms with Crippen LogP contribution in [0.4, 0.5) is 0 Å². The molecule has 41 heavy (non-hydrogen) atoms. The third-order valence-electron chi connectivity index (χ3n) is 6.20. The standard InChI is InChI=1S/2C16H28O4.Zn/c2*1-2-3-4-5-6-7-8-9-10-11-14-20-16(19)13-12-15(17)18;/h2*12-13H,2-11,14H2,1H3,(H,17,18);/q;;+2/p-2. The Kier molecular flexibility index (Phi) is 38.2. The Morgan fingerprint density at radius 3 is 0.927 bits per heavy atom. The minimum atomic E-state index is -1.39. The SMILES string of the molecule is CCCCCCCCCCCCOC(=O)C=CC(=O)[O-].CCCCCCCCCCCCOC(=O)C=CC(=O)[O-].[Zn+2]. The fourth-order valence-electron chi connectivity index (χ4n) is 3.89. The van der Waals surface area contributed by atoms with Crippen LogP contribution in [-0.2, 0) is 48.1 Å². The van der Waals surface area contributed by atoms with E-state index in [4.69, 9.17) is 9.47 Å². The number of carbonyl (C=O) groups excluding carboxylic acids is 4. The summed E-state index contributed by atoms with van der Waals surface area (Å²) in [4.78, 5) is 42.1. The number of carboxylic acid groups (broad SMARTS) is 2. The molecule has 0 aromatic carbocycles. The van der Waals surface area contributed by atoms with Gasteiger partial charge >= 0.3 is 31.4 Å². The van der Waals surface area contributed by atoms with Crippen molar-refractivity contribution in [1.82, 2.24) is 0 Å². The van der Waals surface area contributed by atoms with E-state index in [1.807, 2.05) is 0 Å². The molecule has 0 aromatic heterocycles. The number of unbranched alkanes of at least 4 members (excludes halogenated alkanes) is 18. The quantitative estimate of drug-likeness (QED) is 0.0528. The molecule has 0 aliphatic heterocycles. The van der Waals surface area contributed by atoms with Gasteiger partial charge in [0.1, 0.15) is 0 Å². The Balaban J connectivity index is -0.000000688. The second-order valence-electron chi connectivity index (χ2n) is 10.0. The van der Waals surface area contributed by atoms with E-state index in [0.29, 0.717) is 25.4 Å². The number of hydrogen-bond donors (Lipinski definition) is 0. The third kappa shape index (κ3) is 42.6. The Labute approximate surface area is 261 Å². The van der Waals surface area contributed by atoms with Gasteiger partial charge in [0, 0.05) is 12.2 Å². The normalized spacial score (nSPS) is 10.6. The summed E-state index contributed by atoms with van der Waals surface area (Å²) < 4.78 is 9.70. The van der Waals surface area contributed by atoms with Gasteiger partial charge in [-0.15, -0.1) is 0 Å². The zero-order valence-electron chi connectivity index (χ0n) is 25.8. The molecule has 9 heteroatoms. The fourth-order valence-corrected chi connectivity index (χ4v) is 3.89. The molecule has 8 nitrogen and oxygen atoms in total. The van der Waals surface area contributed by atoms with E-state index in [1.54, 1.807) is 0 Å². The van der Waals surface area contributed by atoms with Crippen molar-refractivity contribution in [3.05, 3.63) is 24.3 Å². The van der Waals surface area contributed by atoms with Crippen LogP contribution >= 0.6 is 0 Å². The largest absolute Gasteiger partial charge is 2.00 e. The molecule has 0 aliphatic carbocycles. The van der Waals surface area contributed by atoms with Gasteiger partial charge in [-0.3, -0.25) is 0 Å². The van der Waals surface area contributed by atoms with Crippen LogP contribution in [0.5, 0.6) is 0 Å². The Hall–Kier alpha value is -2.02. The van der Waals surface area contributed by atoms with Crippen LogP contribution < -0.4 is 10.2 Å². The van der Waals surface area contributed by atoms with Crippen LogP contribution in [0.3, 0.4) is 0 Å². The maximum Gasteiger partial charge on any atom is 2.00 e. The van der Waals surface area contributed by atoms with Crippen molar-refractivity contribution >= 4 is 23.9 Å². The van der Waals surface area contributed by atoms with Crippen molar-refractivity contribution in [3.63, 3.8) is 0 Å². The van der Waals surface area contributed by atoms with E-state index in [9.17, 15) is 29.4 Å². The zero-order chi connectivity index (χ0) is 30.1. The van der Waals surface area contributed by atoms with Gasteiger partial charge in [-0.25, -0.2) is 9.59 Å². The predicted molar refractivity (Wildman–Crippen MR) is 154 cm³/mol. The predicted octanol–water partition coefficient (Wildman–Crippen LogP) is 5.51. The molecule has 0 unspecified atom stereocenters. The third-order valence-corrected chi connectivity index (χ3v) is 6.20. The molecule has 0 saturated heterocycles. The first-order valence-corrected chi connectivity index (χ1v) is 15.4. The summed E-state index contributed by atoms with van der Waals surface area (Å²) in [5.41, 5.74) is 0. The molecule has 0 fully saturated rings. The van der Waals surface area contributed by atoms with Gasteiger partial charge in [-0.1, -0.05) is 129 Å². The molecule has 0 rings (SSSR count). The first-order valence-electron chi connectivity index (χ1n) is 15.4. The monoisotopic (exact) mass is 630 g/mol. The summed E-state index contributed by atoms with van der Waals surface area (Å²) in [5.74, 6) is -4.02. The van der Waals surface area contributed by atoms with E-state index in [-0.39, 0.29) is 19.5 Å². The van der Waals surface area contributed by atoms with E-state index >= 15 is 0 Å².